The molecule has 1 heterocycles. The van der Waals surface area contributed by atoms with Gasteiger partial charge in [0.2, 0.25) is 0 Å². The predicted molar refractivity (Wildman–Crippen MR) is 88.0 cm³/mol. The number of hydrogen-bond donors (Lipinski definition) is 0. The zero-order valence-electron chi connectivity index (χ0n) is 12.1. The Morgan fingerprint density at radius 3 is 2.71 bits per heavy atom. The van der Waals surface area contributed by atoms with Crippen LogP contribution in [0.2, 0.25) is 0 Å². The van der Waals surface area contributed by atoms with Crippen molar-refractivity contribution in [3.63, 3.8) is 0 Å². The Bertz CT molecular complexity index is 802. The van der Waals surface area contributed by atoms with Crippen LogP contribution in [-0.2, 0) is 11.2 Å². The fourth-order valence-corrected chi connectivity index (χ4v) is 3.64. The van der Waals surface area contributed by atoms with Crippen molar-refractivity contribution in [1.29, 1.82) is 0 Å². The van der Waals surface area contributed by atoms with E-state index in [1.165, 1.54) is 23.1 Å². The Morgan fingerprint density at radius 2 is 1.95 bits per heavy atom. The van der Waals surface area contributed by atoms with Crippen molar-refractivity contribution < 1.29 is 9.53 Å². The van der Waals surface area contributed by atoms with E-state index in [1.54, 1.807) is 11.3 Å². The maximum absolute atomic E-state index is 11.6. The van der Waals surface area contributed by atoms with Crippen LogP contribution in [0, 0.1) is 0 Å². The fourth-order valence-electron chi connectivity index (χ4n) is 2.48. The van der Waals surface area contributed by atoms with Crippen LogP contribution in [0.3, 0.4) is 0 Å². The quantitative estimate of drug-likeness (QED) is 0.641. The summed E-state index contributed by atoms with van der Waals surface area (Å²) in [6.45, 7) is 2.17. The van der Waals surface area contributed by atoms with Gasteiger partial charge in [0.05, 0.1) is 12.7 Å². The van der Waals surface area contributed by atoms with Crippen molar-refractivity contribution in [3.05, 3.63) is 59.7 Å². The summed E-state index contributed by atoms with van der Waals surface area (Å²) in [5.74, 6) is -0.291. The molecule has 0 N–H and O–H groups in total. The lowest BCUT2D eigenvalue weighted by Gasteiger charge is -2.04. The highest BCUT2D eigenvalue weighted by Crippen LogP contribution is 2.35. The van der Waals surface area contributed by atoms with Gasteiger partial charge in [-0.1, -0.05) is 37.3 Å². The van der Waals surface area contributed by atoms with Gasteiger partial charge in [0, 0.05) is 9.58 Å². The highest BCUT2D eigenvalue weighted by molar-refractivity contribution is 7.22. The average molecular weight is 296 g/mol. The number of hydrogen-bond acceptors (Lipinski definition) is 3. The van der Waals surface area contributed by atoms with E-state index in [4.69, 9.17) is 4.74 Å². The molecule has 0 aliphatic rings. The van der Waals surface area contributed by atoms with Crippen molar-refractivity contribution in [2.45, 2.75) is 13.3 Å². The molecular weight excluding hydrogens is 280 g/mol. The number of ether oxygens (including phenoxy) is 1. The molecule has 0 unspecified atom stereocenters. The lowest BCUT2D eigenvalue weighted by Crippen LogP contribution is -1.99. The number of thiophene rings is 1. The number of esters is 1. The first-order chi connectivity index (χ1) is 10.2. The molecule has 0 atom stereocenters. The molecular formula is C18H16O2S. The van der Waals surface area contributed by atoms with Crippen LogP contribution in [-0.4, -0.2) is 13.1 Å². The second-order valence-electron chi connectivity index (χ2n) is 4.87. The van der Waals surface area contributed by atoms with E-state index in [1.807, 2.05) is 18.2 Å². The van der Waals surface area contributed by atoms with E-state index in [0.717, 1.165) is 16.5 Å². The third kappa shape index (κ3) is 2.57. The van der Waals surface area contributed by atoms with Crippen LogP contribution < -0.4 is 0 Å². The predicted octanol–water partition coefficient (Wildman–Crippen LogP) is 4.92. The van der Waals surface area contributed by atoms with Gasteiger partial charge in [0.15, 0.2) is 0 Å². The van der Waals surface area contributed by atoms with E-state index in [-0.39, 0.29) is 5.97 Å². The minimum atomic E-state index is -0.291. The summed E-state index contributed by atoms with van der Waals surface area (Å²) in [7, 11) is 1.41. The third-order valence-corrected chi connectivity index (χ3v) is 4.74. The Balaban J connectivity index is 2.11. The first kappa shape index (κ1) is 13.8. The molecule has 0 saturated heterocycles. The minimum absolute atomic E-state index is 0.291. The Labute approximate surface area is 128 Å². The first-order valence-electron chi connectivity index (χ1n) is 6.93. The van der Waals surface area contributed by atoms with Crippen molar-refractivity contribution >= 4 is 27.4 Å². The molecule has 106 valence electrons. The van der Waals surface area contributed by atoms with E-state index in [2.05, 4.69) is 37.3 Å². The standard InChI is InChI=1S/C18H16O2S/c1-3-12-6-4-5-7-15(12)17-10-13-8-9-14(18(19)20-2)11-16(13)21-17/h4-11H,3H2,1-2H3. The number of aryl methyl sites for hydroxylation is 1. The van der Waals surface area contributed by atoms with E-state index in [0.29, 0.717) is 5.56 Å². The summed E-state index contributed by atoms with van der Waals surface area (Å²) in [6, 6.07) is 16.4. The molecule has 3 aromatic rings. The summed E-state index contributed by atoms with van der Waals surface area (Å²) < 4.78 is 5.89. The molecule has 0 aliphatic heterocycles. The van der Waals surface area contributed by atoms with E-state index < -0.39 is 0 Å². The van der Waals surface area contributed by atoms with Crippen molar-refractivity contribution in [3.8, 4) is 10.4 Å². The Morgan fingerprint density at radius 1 is 1.14 bits per heavy atom. The molecule has 0 amide bonds. The fraction of sp³-hybridized carbons (Fsp3) is 0.167. The van der Waals surface area contributed by atoms with Crippen LogP contribution >= 0.6 is 11.3 Å². The Hall–Kier alpha value is -2.13. The lowest BCUT2D eigenvalue weighted by atomic mass is 10.0. The number of rotatable bonds is 3. The van der Waals surface area contributed by atoms with Gasteiger partial charge in [0.25, 0.3) is 0 Å². The molecule has 3 rings (SSSR count). The zero-order chi connectivity index (χ0) is 14.8. The molecule has 3 heteroatoms. The average Bonchev–Trinajstić information content (AvgIpc) is 2.96. The number of methoxy groups -OCH3 is 1. The van der Waals surface area contributed by atoms with Gasteiger partial charge < -0.3 is 4.74 Å². The summed E-state index contributed by atoms with van der Waals surface area (Å²) in [5, 5.41) is 1.16. The van der Waals surface area contributed by atoms with Gasteiger partial charge in [-0.3, -0.25) is 0 Å². The Kier molecular flexibility index (Phi) is 3.76. The SMILES string of the molecule is CCc1ccccc1-c1cc2ccc(C(=O)OC)cc2s1. The van der Waals surface area contributed by atoms with Gasteiger partial charge >= 0.3 is 5.97 Å². The molecule has 2 nitrogen and oxygen atoms in total. The maximum atomic E-state index is 11.6. The van der Waals surface area contributed by atoms with E-state index >= 15 is 0 Å². The second-order valence-corrected chi connectivity index (χ2v) is 5.95. The molecule has 0 fully saturated rings. The smallest absolute Gasteiger partial charge is 0.337 e. The van der Waals surface area contributed by atoms with E-state index in [9.17, 15) is 4.79 Å². The minimum Gasteiger partial charge on any atom is -0.465 e. The number of carbonyl (C=O) groups excluding carboxylic acids is 1. The van der Waals surface area contributed by atoms with Crippen molar-refractivity contribution in [2.24, 2.45) is 0 Å². The van der Waals surface area contributed by atoms with Crippen LogP contribution in [0.4, 0.5) is 0 Å². The summed E-state index contributed by atoms with van der Waals surface area (Å²) in [5.41, 5.74) is 3.22. The van der Waals surface area contributed by atoms with Crippen LogP contribution in [0.25, 0.3) is 20.5 Å². The summed E-state index contributed by atoms with van der Waals surface area (Å²) >= 11 is 1.71. The highest BCUT2D eigenvalue weighted by Gasteiger charge is 2.10. The molecule has 2 aromatic carbocycles. The normalized spacial score (nSPS) is 10.8. The van der Waals surface area contributed by atoms with Crippen LogP contribution in [0.15, 0.2) is 48.5 Å². The number of benzene rings is 2. The summed E-state index contributed by atoms with van der Waals surface area (Å²) in [6.07, 6.45) is 1.01. The third-order valence-electron chi connectivity index (χ3n) is 3.60. The molecule has 1 aromatic heterocycles. The number of fused-ring (bicyclic) bond motifs is 1. The zero-order valence-corrected chi connectivity index (χ0v) is 12.9. The molecule has 0 bridgehead atoms. The van der Waals surface area contributed by atoms with Gasteiger partial charge in [-0.05, 0) is 41.1 Å². The molecule has 0 radical (unpaired) electrons. The largest absolute Gasteiger partial charge is 0.465 e. The van der Waals surface area contributed by atoms with Crippen molar-refractivity contribution in [1.82, 2.24) is 0 Å². The molecule has 0 aliphatic carbocycles. The van der Waals surface area contributed by atoms with Crippen LogP contribution in [0.5, 0.6) is 0 Å². The molecule has 0 spiro atoms. The maximum Gasteiger partial charge on any atom is 0.337 e. The van der Waals surface area contributed by atoms with Crippen molar-refractivity contribution in [2.75, 3.05) is 7.11 Å². The molecule has 21 heavy (non-hydrogen) atoms. The van der Waals surface area contributed by atoms with Gasteiger partial charge in [0.1, 0.15) is 0 Å². The van der Waals surface area contributed by atoms with Gasteiger partial charge in [-0.2, -0.15) is 0 Å². The number of carbonyl (C=O) groups is 1. The van der Waals surface area contributed by atoms with Gasteiger partial charge in [-0.15, -0.1) is 11.3 Å². The monoisotopic (exact) mass is 296 g/mol. The second kappa shape index (κ2) is 5.70. The van der Waals surface area contributed by atoms with Gasteiger partial charge in [-0.25, -0.2) is 4.79 Å². The summed E-state index contributed by atoms with van der Waals surface area (Å²) in [4.78, 5) is 12.9. The topological polar surface area (TPSA) is 26.3 Å². The first-order valence-corrected chi connectivity index (χ1v) is 7.74. The molecule has 0 saturated carbocycles. The lowest BCUT2D eigenvalue weighted by molar-refractivity contribution is 0.0601. The van der Waals surface area contributed by atoms with Crippen LogP contribution in [0.1, 0.15) is 22.8 Å². The highest BCUT2D eigenvalue weighted by atomic mass is 32.1.